The smallest absolute Gasteiger partial charge is 0.255 e. The Morgan fingerprint density at radius 3 is 2.39 bits per heavy atom. The van der Waals surface area contributed by atoms with Crippen molar-refractivity contribution in [3.8, 4) is 0 Å². The van der Waals surface area contributed by atoms with Gasteiger partial charge in [0, 0.05) is 25.3 Å². The van der Waals surface area contributed by atoms with Crippen molar-refractivity contribution in [2.75, 3.05) is 19.4 Å². The minimum atomic E-state index is -3.57. The predicted octanol–water partition coefficient (Wildman–Crippen LogP) is 2.81. The summed E-state index contributed by atoms with van der Waals surface area (Å²) in [7, 11) is -0.654. The first-order valence-corrected chi connectivity index (χ1v) is 8.57. The summed E-state index contributed by atoms with van der Waals surface area (Å²) in [6.45, 7) is 3.85. The number of hydrogen-bond acceptors (Lipinski definition) is 3. The number of hydrogen-bond donors (Lipinski definition) is 1. The highest BCUT2D eigenvalue weighted by atomic mass is 32.2. The van der Waals surface area contributed by atoms with Crippen molar-refractivity contribution < 1.29 is 13.2 Å². The van der Waals surface area contributed by atoms with Crippen molar-refractivity contribution in [1.29, 1.82) is 0 Å². The number of nitrogens with zero attached hydrogens (tertiary/aromatic N) is 1. The highest BCUT2D eigenvalue weighted by Crippen LogP contribution is 2.19. The number of rotatable bonds is 4. The number of carbonyl (C=O) groups excluding carboxylic acids is 1. The van der Waals surface area contributed by atoms with Gasteiger partial charge in [0.2, 0.25) is 10.0 Å². The predicted molar refractivity (Wildman–Crippen MR) is 91.2 cm³/mol. The van der Waals surface area contributed by atoms with E-state index in [0.717, 1.165) is 21.1 Å². The third-order valence-corrected chi connectivity index (χ3v) is 5.33. The molecule has 1 N–H and O–H groups in total. The molecule has 0 unspecified atom stereocenters. The van der Waals surface area contributed by atoms with Gasteiger partial charge in [-0.15, -0.1) is 0 Å². The number of sulfonamides is 1. The highest BCUT2D eigenvalue weighted by Gasteiger charge is 2.19. The maximum atomic E-state index is 12.4. The van der Waals surface area contributed by atoms with Crippen LogP contribution in [0.1, 0.15) is 21.5 Å². The lowest BCUT2D eigenvalue weighted by molar-refractivity contribution is 0.102. The van der Waals surface area contributed by atoms with Gasteiger partial charge in [-0.25, -0.2) is 12.7 Å². The molecule has 2 aromatic rings. The summed E-state index contributed by atoms with van der Waals surface area (Å²) in [6.07, 6.45) is 0. The molecule has 0 aliphatic carbocycles. The van der Waals surface area contributed by atoms with Gasteiger partial charge < -0.3 is 5.32 Å². The third-order valence-electron chi connectivity index (χ3n) is 3.52. The molecule has 0 spiro atoms. The van der Waals surface area contributed by atoms with Crippen LogP contribution in [0.3, 0.4) is 0 Å². The fourth-order valence-electron chi connectivity index (χ4n) is 2.07. The minimum Gasteiger partial charge on any atom is -0.322 e. The number of aryl methyl sites for hydroxylation is 2. The Balaban J connectivity index is 2.32. The van der Waals surface area contributed by atoms with Gasteiger partial charge >= 0.3 is 0 Å². The molecule has 1 amide bonds. The zero-order valence-corrected chi connectivity index (χ0v) is 14.4. The molecule has 0 fully saturated rings. The summed E-state index contributed by atoms with van der Waals surface area (Å²) in [5.41, 5.74) is 3.00. The normalized spacial score (nSPS) is 11.5. The topological polar surface area (TPSA) is 66.5 Å². The molecule has 0 atom stereocenters. The standard InChI is InChI=1S/C17H20N2O3S/c1-12-8-9-13(2)16(10-12)18-17(20)14-6-5-7-15(11-14)23(21,22)19(3)4/h5-11H,1-4H3,(H,18,20). The maximum Gasteiger partial charge on any atom is 0.255 e. The van der Waals surface area contributed by atoms with Crippen LogP contribution in [0.4, 0.5) is 5.69 Å². The number of carbonyl (C=O) groups is 1. The van der Waals surface area contributed by atoms with Crippen LogP contribution in [0, 0.1) is 13.8 Å². The van der Waals surface area contributed by atoms with E-state index in [4.69, 9.17) is 0 Å². The average molecular weight is 332 g/mol. The van der Waals surface area contributed by atoms with Gasteiger partial charge in [0.15, 0.2) is 0 Å². The Labute approximate surface area is 137 Å². The molecule has 0 radical (unpaired) electrons. The van der Waals surface area contributed by atoms with E-state index in [0.29, 0.717) is 5.56 Å². The van der Waals surface area contributed by atoms with Crippen LogP contribution in [0.15, 0.2) is 47.4 Å². The van der Waals surface area contributed by atoms with Crippen LogP contribution >= 0.6 is 0 Å². The van der Waals surface area contributed by atoms with E-state index in [9.17, 15) is 13.2 Å². The molecule has 0 aliphatic heterocycles. The van der Waals surface area contributed by atoms with Crippen molar-refractivity contribution >= 4 is 21.6 Å². The van der Waals surface area contributed by atoms with Gasteiger partial charge in [0.25, 0.3) is 5.91 Å². The second kappa shape index (κ2) is 6.52. The van der Waals surface area contributed by atoms with E-state index in [-0.39, 0.29) is 10.8 Å². The minimum absolute atomic E-state index is 0.0936. The van der Waals surface area contributed by atoms with Crippen LogP contribution in [0.25, 0.3) is 0 Å². The molecule has 0 saturated carbocycles. The molecule has 2 aromatic carbocycles. The van der Waals surface area contributed by atoms with Crippen LogP contribution in [-0.2, 0) is 10.0 Å². The number of nitrogens with one attached hydrogen (secondary N) is 1. The summed E-state index contributed by atoms with van der Waals surface area (Å²) >= 11 is 0. The Morgan fingerprint density at radius 1 is 1.04 bits per heavy atom. The molecule has 2 rings (SSSR count). The van der Waals surface area contributed by atoms with Crippen LogP contribution in [0.5, 0.6) is 0 Å². The quantitative estimate of drug-likeness (QED) is 0.936. The molecule has 0 heterocycles. The third kappa shape index (κ3) is 3.78. The fourth-order valence-corrected chi connectivity index (χ4v) is 3.02. The SMILES string of the molecule is Cc1ccc(C)c(NC(=O)c2cccc(S(=O)(=O)N(C)C)c2)c1. The van der Waals surface area contributed by atoms with E-state index < -0.39 is 10.0 Å². The van der Waals surface area contributed by atoms with Crippen molar-refractivity contribution in [2.24, 2.45) is 0 Å². The average Bonchev–Trinajstić information content (AvgIpc) is 2.50. The van der Waals surface area contributed by atoms with Gasteiger partial charge in [-0.2, -0.15) is 0 Å². The van der Waals surface area contributed by atoms with E-state index in [2.05, 4.69) is 5.32 Å². The maximum absolute atomic E-state index is 12.4. The van der Waals surface area contributed by atoms with E-state index >= 15 is 0 Å². The first-order chi connectivity index (χ1) is 10.7. The van der Waals surface area contributed by atoms with E-state index in [1.807, 2.05) is 32.0 Å². The molecule has 0 aliphatic rings. The first kappa shape index (κ1) is 17.2. The first-order valence-electron chi connectivity index (χ1n) is 7.13. The summed E-state index contributed by atoms with van der Waals surface area (Å²) < 4.78 is 25.4. The molecule has 0 saturated heterocycles. The monoisotopic (exact) mass is 332 g/mol. The molecule has 5 nitrogen and oxygen atoms in total. The van der Waals surface area contributed by atoms with Gasteiger partial charge in [-0.05, 0) is 49.2 Å². The lowest BCUT2D eigenvalue weighted by Crippen LogP contribution is -2.22. The second-order valence-electron chi connectivity index (χ2n) is 5.59. The van der Waals surface area contributed by atoms with Gasteiger partial charge in [-0.3, -0.25) is 4.79 Å². The largest absolute Gasteiger partial charge is 0.322 e. The molecule has 122 valence electrons. The summed E-state index contributed by atoms with van der Waals surface area (Å²) in [5, 5.41) is 2.83. The van der Waals surface area contributed by atoms with Crippen molar-refractivity contribution in [1.82, 2.24) is 4.31 Å². The molecule has 0 bridgehead atoms. The van der Waals surface area contributed by atoms with Crippen LogP contribution in [-0.4, -0.2) is 32.7 Å². The summed E-state index contributed by atoms with van der Waals surface area (Å²) in [4.78, 5) is 12.5. The molecular formula is C17H20N2O3S. The molecule has 23 heavy (non-hydrogen) atoms. The van der Waals surface area contributed by atoms with Crippen LogP contribution < -0.4 is 5.32 Å². The van der Waals surface area contributed by atoms with Crippen molar-refractivity contribution in [3.63, 3.8) is 0 Å². The zero-order chi connectivity index (χ0) is 17.2. The number of amides is 1. The molecule has 6 heteroatoms. The molecule has 0 aromatic heterocycles. The Bertz CT molecular complexity index is 843. The van der Waals surface area contributed by atoms with Gasteiger partial charge in [0.1, 0.15) is 0 Å². The summed E-state index contributed by atoms with van der Waals surface area (Å²) in [5.74, 6) is -0.338. The Morgan fingerprint density at radius 2 is 1.74 bits per heavy atom. The zero-order valence-electron chi connectivity index (χ0n) is 13.6. The van der Waals surface area contributed by atoms with Gasteiger partial charge in [0.05, 0.1) is 4.90 Å². The Kier molecular flexibility index (Phi) is 4.87. The van der Waals surface area contributed by atoms with Crippen molar-refractivity contribution in [2.45, 2.75) is 18.7 Å². The highest BCUT2D eigenvalue weighted by molar-refractivity contribution is 7.89. The second-order valence-corrected chi connectivity index (χ2v) is 7.74. The van der Waals surface area contributed by atoms with Crippen LogP contribution in [0.2, 0.25) is 0 Å². The number of benzene rings is 2. The van der Waals surface area contributed by atoms with Crippen molar-refractivity contribution in [3.05, 3.63) is 59.2 Å². The summed E-state index contributed by atoms with van der Waals surface area (Å²) in [6, 6.07) is 11.8. The lowest BCUT2D eigenvalue weighted by Gasteiger charge is -2.13. The van der Waals surface area contributed by atoms with E-state index in [1.165, 1.54) is 26.2 Å². The fraction of sp³-hybridized carbons (Fsp3) is 0.235. The molecular weight excluding hydrogens is 312 g/mol. The lowest BCUT2D eigenvalue weighted by atomic mass is 10.1. The number of anilines is 1. The van der Waals surface area contributed by atoms with Gasteiger partial charge in [-0.1, -0.05) is 18.2 Å². The Hall–Kier alpha value is -2.18. The van der Waals surface area contributed by atoms with E-state index in [1.54, 1.807) is 12.1 Å².